The minimum Gasteiger partial charge on any atom is -0.481 e. The molecule has 0 atom stereocenters. The van der Waals surface area contributed by atoms with Crippen molar-refractivity contribution in [1.82, 2.24) is 4.90 Å². The van der Waals surface area contributed by atoms with Gasteiger partial charge in [0.25, 0.3) is 0 Å². The number of benzene rings is 1. The quantitative estimate of drug-likeness (QED) is 0.778. The van der Waals surface area contributed by atoms with Gasteiger partial charge in [0.15, 0.2) is 0 Å². The van der Waals surface area contributed by atoms with E-state index in [0.29, 0.717) is 18.5 Å². The zero-order valence-electron chi connectivity index (χ0n) is 10.4. The van der Waals surface area contributed by atoms with Crippen molar-refractivity contribution in [3.05, 3.63) is 35.6 Å². The van der Waals surface area contributed by atoms with Crippen molar-refractivity contribution >= 4 is 18.4 Å². The van der Waals surface area contributed by atoms with Crippen molar-refractivity contribution in [2.24, 2.45) is 0 Å². The predicted molar refractivity (Wildman–Crippen MR) is 71.5 cm³/mol. The Labute approximate surface area is 113 Å². The molecule has 0 spiro atoms. The molecule has 1 N–H and O–H groups in total. The molecule has 0 aromatic heterocycles. The topological polar surface area (TPSA) is 40.5 Å². The molecule has 1 aromatic rings. The van der Waals surface area contributed by atoms with Crippen LogP contribution >= 0.6 is 12.4 Å². The Bertz CT molecular complexity index is 374. The molecule has 0 aliphatic rings. The van der Waals surface area contributed by atoms with Crippen LogP contribution in [-0.4, -0.2) is 29.6 Å². The number of carboxylic acid groups (broad SMARTS) is 1. The first-order valence-corrected chi connectivity index (χ1v) is 5.73. The van der Waals surface area contributed by atoms with Gasteiger partial charge >= 0.3 is 5.97 Å². The first-order valence-electron chi connectivity index (χ1n) is 5.73. The van der Waals surface area contributed by atoms with E-state index in [9.17, 15) is 9.18 Å². The van der Waals surface area contributed by atoms with Gasteiger partial charge in [0.2, 0.25) is 0 Å². The molecule has 102 valence electrons. The third-order valence-corrected chi connectivity index (χ3v) is 2.58. The van der Waals surface area contributed by atoms with Gasteiger partial charge in [-0.05, 0) is 32.5 Å². The Balaban J connectivity index is 0.00000289. The number of rotatable bonds is 7. The maximum atomic E-state index is 13.3. The lowest BCUT2D eigenvalue weighted by atomic mass is 10.2. The van der Waals surface area contributed by atoms with Gasteiger partial charge in [0, 0.05) is 18.5 Å². The average molecular weight is 276 g/mol. The summed E-state index contributed by atoms with van der Waals surface area (Å²) in [6.07, 6.45) is 1.68. The summed E-state index contributed by atoms with van der Waals surface area (Å²) in [5, 5.41) is 8.49. The fourth-order valence-electron chi connectivity index (χ4n) is 1.65. The van der Waals surface area contributed by atoms with Crippen molar-refractivity contribution in [3.63, 3.8) is 0 Å². The van der Waals surface area contributed by atoms with Crippen LogP contribution in [0.15, 0.2) is 24.3 Å². The highest BCUT2D eigenvalue weighted by Gasteiger charge is 2.05. The standard InChI is InChI=1S/C13H18FNO2.ClH/c1-15(9-5-4-8-13(16)17)10-11-6-2-3-7-12(11)14;/h2-3,6-7H,4-5,8-10H2,1H3,(H,16,17);1H. The van der Waals surface area contributed by atoms with Gasteiger partial charge in [0.1, 0.15) is 5.82 Å². The molecule has 3 nitrogen and oxygen atoms in total. The molecular formula is C13H19ClFNO2. The molecule has 1 rings (SSSR count). The highest BCUT2D eigenvalue weighted by molar-refractivity contribution is 5.85. The summed E-state index contributed by atoms with van der Waals surface area (Å²) in [5.41, 5.74) is 0.674. The van der Waals surface area contributed by atoms with E-state index < -0.39 is 5.97 Å². The fraction of sp³-hybridized carbons (Fsp3) is 0.462. The van der Waals surface area contributed by atoms with E-state index in [0.717, 1.165) is 13.0 Å². The maximum Gasteiger partial charge on any atom is 0.303 e. The van der Waals surface area contributed by atoms with Crippen LogP contribution in [0.25, 0.3) is 0 Å². The summed E-state index contributed by atoms with van der Waals surface area (Å²) in [6.45, 7) is 1.33. The molecule has 0 aliphatic carbocycles. The Hall–Kier alpha value is -1.13. The first kappa shape index (κ1) is 16.9. The van der Waals surface area contributed by atoms with Crippen molar-refractivity contribution in [2.75, 3.05) is 13.6 Å². The lowest BCUT2D eigenvalue weighted by Crippen LogP contribution is -2.20. The van der Waals surface area contributed by atoms with Crippen LogP contribution in [0.1, 0.15) is 24.8 Å². The van der Waals surface area contributed by atoms with Gasteiger partial charge in [-0.25, -0.2) is 4.39 Å². The lowest BCUT2D eigenvalue weighted by molar-refractivity contribution is -0.137. The highest BCUT2D eigenvalue weighted by atomic mass is 35.5. The van der Waals surface area contributed by atoms with Gasteiger partial charge in [-0.1, -0.05) is 18.2 Å². The molecule has 0 aliphatic heterocycles. The lowest BCUT2D eigenvalue weighted by Gasteiger charge is -2.16. The SMILES string of the molecule is CN(CCCCC(=O)O)Cc1ccccc1F.Cl. The zero-order chi connectivity index (χ0) is 12.7. The molecule has 0 heterocycles. The number of hydrogen-bond acceptors (Lipinski definition) is 2. The second kappa shape index (κ2) is 8.89. The van der Waals surface area contributed by atoms with E-state index in [1.807, 2.05) is 18.0 Å². The average Bonchev–Trinajstić information content (AvgIpc) is 2.27. The van der Waals surface area contributed by atoms with Crippen molar-refractivity contribution in [2.45, 2.75) is 25.8 Å². The predicted octanol–water partition coefficient (Wildman–Crippen LogP) is 2.93. The second-order valence-corrected chi connectivity index (χ2v) is 4.18. The normalized spacial score (nSPS) is 10.2. The highest BCUT2D eigenvalue weighted by Crippen LogP contribution is 2.09. The van der Waals surface area contributed by atoms with Crippen molar-refractivity contribution in [1.29, 1.82) is 0 Å². The van der Waals surface area contributed by atoms with Crippen molar-refractivity contribution < 1.29 is 14.3 Å². The van der Waals surface area contributed by atoms with E-state index in [2.05, 4.69) is 0 Å². The summed E-state index contributed by atoms with van der Waals surface area (Å²) >= 11 is 0. The Morgan fingerprint density at radius 2 is 2.00 bits per heavy atom. The largest absolute Gasteiger partial charge is 0.481 e. The molecule has 0 saturated carbocycles. The van der Waals surface area contributed by atoms with Gasteiger partial charge in [-0.3, -0.25) is 4.79 Å². The van der Waals surface area contributed by atoms with Gasteiger partial charge < -0.3 is 10.0 Å². The number of halogens is 2. The molecule has 18 heavy (non-hydrogen) atoms. The van der Waals surface area contributed by atoms with E-state index in [1.165, 1.54) is 6.07 Å². The van der Waals surface area contributed by atoms with Crippen LogP contribution in [0, 0.1) is 5.82 Å². The molecule has 0 amide bonds. The summed E-state index contributed by atoms with van der Waals surface area (Å²) in [4.78, 5) is 12.3. The Morgan fingerprint density at radius 3 is 2.61 bits per heavy atom. The van der Waals surface area contributed by atoms with Crippen LogP contribution in [0.4, 0.5) is 4.39 Å². The summed E-state index contributed by atoms with van der Waals surface area (Å²) in [7, 11) is 1.91. The second-order valence-electron chi connectivity index (χ2n) is 4.18. The van der Waals surface area contributed by atoms with Gasteiger partial charge in [0.05, 0.1) is 0 Å². The molecule has 5 heteroatoms. The zero-order valence-corrected chi connectivity index (χ0v) is 11.3. The third kappa shape index (κ3) is 6.57. The van der Waals surface area contributed by atoms with Gasteiger partial charge in [-0.15, -0.1) is 12.4 Å². The molecule has 0 fully saturated rings. The number of hydrogen-bond donors (Lipinski definition) is 1. The summed E-state index contributed by atoms with van der Waals surface area (Å²) in [6, 6.07) is 6.71. The van der Waals surface area contributed by atoms with Crippen LogP contribution in [-0.2, 0) is 11.3 Å². The third-order valence-electron chi connectivity index (χ3n) is 2.58. The van der Waals surface area contributed by atoms with E-state index in [1.54, 1.807) is 12.1 Å². The summed E-state index contributed by atoms with van der Waals surface area (Å²) < 4.78 is 13.3. The number of carboxylic acids is 1. The molecular weight excluding hydrogens is 257 g/mol. The Morgan fingerprint density at radius 1 is 1.33 bits per heavy atom. The molecule has 0 unspecified atom stereocenters. The minimum atomic E-state index is -0.762. The molecule has 0 bridgehead atoms. The number of nitrogens with zero attached hydrogens (tertiary/aromatic N) is 1. The molecule has 0 saturated heterocycles. The number of aliphatic carboxylic acids is 1. The van der Waals surface area contributed by atoms with Crippen LogP contribution in [0.3, 0.4) is 0 Å². The fourth-order valence-corrected chi connectivity index (χ4v) is 1.65. The summed E-state index contributed by atoms with van der Waals surface area (Å²) in [5.74, 6) is -0.952. The van der Waals surface area contributed by atoms with Crippen LogP contribution in [0.5, 0.6) is 0 Å². The van der Waals surface area contributed by atoms with Crippen LogP contribution in [0.2, 0.25) is 0 Å². The van der Waals surface area contributed by atoms with E-state index in [4.69, 9.17) is 5.11 Å². The smallest absolute Gasteiger partial charge is 0.303 e. The first-order chi connectivity index (χ1) is 8.09. The van der Waals surface area contributed by atoms with E-state index in [-0.39, 0.29) is 24.6 Å². The van der Waals surface area contributed by atoms with Crippen LogP contribution < -0.4 is 0 Å². The Kier molecular flexibility index (Phi) is 8.33. The van der Waals surface area contributed by atoms with Crippen molar-refractivity contribution in [3.8, 4) is 0 Å². The monoisotopic (exact) mass is 275 g/mol. The number of carbonyl (C=O) groups is 1. The number of unbranched alkanes of at least 4 members (excludes halogenated alkanes) is 1. The molecule has 0 radical (unpaired) electrons. The minimum absolute atomic E-state index is 0. The maximum absolute atomic E-state index is 13.3. The van der Waals surface area contributed by atoms with Gasteiger partial charge in [-0.2, -0.15) is 0 Å². The van der Waals surface area contributed by atoms with E-state index >= 15 is 0 Å². The molecule has 1 aromatic carbocycles.